The highest BCUT2D eigenvalue weighted by Gasteiger charge is 2.03. The zero-order valence-electron chi connectivity index (χ0n) is 8.31. The van der Waals surface area contributed by atoms with Gasteiger partial charge in [0.05, 0.1) is 22.1 Å². The van der Waals surface area contributed by atoms with Gasteiger partial charge in [-0.3, -0.25) is 0 Å². The Morgan fingerprint density at radius 1 is 1.47 bits per heavy atom. The quantitative estimate of drug-likeness (QED) is 0.864. The maximum absolute atomic E-state index is 9.00. The number of rotatable bonds is 2. The van der Waals surface area contributed by atoms with Crippen LogP contribution >= 0.6 is 22.6 Å². The summed E-state index contributed by atoms with van der Waals surface area (Å²) in [6, 6.07) is 5.87. The van der Waals surface area contributed by atoms with Crippen LogP contribution in [0.25, 0.3) is 5.69 Å². The first-order valence-corrected chi connectivity index (χ1v) is 5.69. The fourth-order valence-corrected chi connectivity index (χ4v) is 1.89. The van der Waals surface area contributed by atoms with Gasteiger partial charge >= 0.3 is 0 Å². The van der Waals surface area contributed by atoms with Crippen molar-refractivity contribution >= 4 is 22.6 Å². The van der Waals surface area contributed by atoms with Gasteiger partial charge in [0, 0.05) is 6.20 Å². The Bertz CT molecular complexity index is 479. The molecule has 0 spiro atoms. The molecule has 1 N–H and O–H groups in total. The second kappa shape index (κ2) is 4.32. The molecule has 0 aliphatic heterocycles. The molecular formula is C11H11IN2O. The van der Waals surface area contributed by atoms with Crippen LogP contribution in [0.4, 0.5) is 0 Å². The fourth-order valence-electron chi connectivity index (χ4n) is 1.51. The van der Waals surface area contributed by atoms with Gasteiger partial charge in [-0.2, -0.15) is 5.10 Å². The molecule has 78 valence electrons. The molecule has 1 aromatic carbocycles. The number of hydrogen-bond acceptors (Lipinski definition) is 2. The van der Waals surface area contributed by atoms with Crippen LogP contribution in [0.15, 0.2) is 30.6 Å². The smallest absolute Gasteiger partial charge is 0.0681 e. The lowest BCUT2D eigenvalue weighted by atomic mass is 10.1. The Balaban J connectivity index is 2.45. The molecule has 0 saturated heterocycles. The van der Waals surface area contributed by atoms with Crippen molar-refractivity contribution in [1.29, 1.82) is 0 Å². The van der Waals surface area contributed by atoms with Crippen LogP contribution in [-0.2, 0) is 6.61 Å². The average Bonchev–Trinajstić information content (AvgIpc) is 2.64. The molecular weight excluding hydrogens is 303 g/mol. The third-order valence-corrected chi connectivity index (χ3v) is 2.80. The number of hydrogen-bond donors (Lipinski definition) is 1. The summed E-state index contributed by atoms with van der Waals surface area (Å²) in [7, 11) is 0. The number of nitrogens with zero attached hydrogens (tertiary/aromatic N) is 2. The lowest BCUT2D eigenvalue weighted by Gasteiger charge is -2.06. The SMILES string of the molecule is Cc1cc(CO)ccc1-n1cc(I)cn1. The summed E-state index contributed by atoms with van der Waals surface area (Å²) < 4.78 is 2.95. The molecule has 2 rings (SSSR count). The fraction of sp³-hybridized carbons (Fsp3) is 0.182. The van der Waals surface area contributed by atoms with E-state index < -0.39 is 0 Å². The molecule has 3 nitrogen and oxygen atoms in total. The monoisotopic (exact) mass is 314 g/mol. The van der Waals surface area contributed by atoms with Gasteiger partial charge < -0.3 is 5.11 Å². The molecule has 0 saturated carbocycles. The molecule has 0 amide bonds. The zero-order valence-corrected chi connectivity index (χ0v) is 10.5. The van der Waals surface area contributed by atoms with Gasteiger partial charge in [0.25, 0.3) is 0 Å². The Hall–Kier alpha value is -0.880. The van der Waals surface area contributed by atoms with Crippen LogP contribution in [0.5, 0.6) is 0 Å². The molecule has 0 bridgehead atoms. The first-order chi connectivity index (χ1) is 7.20. The van der Waals surface area contributed by atoms with E-state index in [1.54, 1.807) is 0 Å². The maximum atomic E-state index is 9.00. The van der Waals surface area contributed by atoms with Crippen molar-refractivity contribution in [3.63, 3.8) is 0 Å². The number of aromatic nitrogens is 2. The standard InChI is InChI=1S/C11H11IN2O/c1-8-4-9(7-15)2-3-11(8)14-6-10(12)5-13-14/h2-6,15H,7H2,1H3. The highest BCUT2D eigenvalue weighted by atomic mass is 127. The van der Waals surface area contributed by atoms with Crippen LogP contribution in [0.3, 0.4) is 0 Å². The van der Waals surface area contributed by atoms with Crippen molar-refractivity contribution in [3.8, 4) is 5.69 Å². The summed E-state index contributed by atoms with van der Waals surface area (Å²) in [6.07, 6.45) is 3.79. The van der Waals surface area contributed by atoms with Crippen LogP contribution in [0.2, 0.25) is 0 Å². The third kappa shape index (κ3) is 2.21. The molecule has 15 heavy (non-hydrogen) atoms. The van der Waals surface area contributed by atoms with Crippen LogP contribution in [-0.4, -0.2) is 14.9 Å². The van der Waals surface area contributed by atoms with Gasteiger partial charge in [-0.25, -0.2) is 4.68 Å². The van der Waals surface area contributed by atoms with Gasteiger partial charge in [0.1, 0.15) is 0 Å². The van der Waals surface area contributed by atoms with Gasteiger partial charge in [-0.15, -0.1) is 0 Å². The van der Waals surface area contributed by atoms with E-state index in [-0.39, 0.29) is 6.61 Å². The van der Waals surface area contributed by atoms with Crippen molar-refractivity contribution in [1.82, 2.24) is 9.78 Å². The van der Waals surface area contributed by atoms with E-state index in [4.69, 9.17) is 5.11 Å². The minimum absolute atomic E-state index is 0.0811. The molecule has 1 heterocycles. The predicted molar refractivity (Wildman–Crippen MR) is 66.9 cm³/mol. The van der Waals surface area contributed by atoms with E-state index in [1.165, 1.54) is 0 Å². The van der Waals surface area contributed by atoms with E-state index in [0.29, 0.717) is 0 Å². The van der Waals surface area contributed by atoms with E-state index >= 15 is 0 Å². The van der Waals surface area contributed by atoms with E-state index in [0.717, 1.165) is 20.4 Å². The van der Waals surface area contributed by atoms with E-state index in [2.05, 4.69) is 27.7 Å². The summed E-state index contributed by atoms with van der Waals surface area (Å²) in [5.41, 5.74) is 3.09. The number of aryl methyl sites for hydroxylation is 1. The number of aliphatic hydroxyl groups excluding tert-OH is 1. The summed E-state index contributed by atoms with van der Waals surface area (Å²) in [6.45, 7) is 2.10. The first kappa shape index (κ1) is 10.6. The molecule has 4 heteroatoms. The Kier molecular flexibility index (Phi) is 3.06. The summed E-state index contributed by atoms with van der Waals surface area (Å²) in [5.74, 6) is 0. The van der Waals surface area contributed by atoms with E-state index in [9.17, 15) is 0 Å². The number of benzene rings is 1. The lowest BCUT2D eigenvalue weighted by molar-refractivity contribution is 0.282. The normalized spacial score (nSPS) is 10.6. The van der Waals surface area contributed by atoms with Crippen molar-refractivity contribution < 1.29 is 5.11 Å². The van der Waals surface area contributed by atoms with Crippen LogP contribution in [0.1, 0.15) is 11.1 Å². The second-order valence-electron chi connectivity index (χ2n) is 3.38. The highest BCUT2D eigenvalue weighted by molar-refractivity contribution is 14.1. The molecule has 0 unspecified atom stereocenters. The molecule has 2 aromatic rings. The number of aliphatic hydroxyl groups is 1. The van der Waals surface area contributed by atoms with Crippen molar-refractivity contribution in [2.75, 3.05) is 0 Å². The molecule has 0 aliphatic carbocycles. The second-order valence-corrected chi connectivity index (χ2v) is 4.63. The Labute approximate surface area is 102 Å². The maximum Gasteiger partial charge on any atom is 0.0681 e. The zero-order chi connectivity index (χ0) is 10.8. The first-order valence-electron chi connectivity index (χ1n) is 4.61. The van der Waals surface area contributed by atoms with Crippen LogP contribution in [0, 0.1) is 10.5 Å². The molecule has 0 radical (unpaired) electrons. The van der Waals surface area contributed by atoms with Crippen molar-refractivity contribution in [3.05, 3.63) is 45.3 Å². The van der Waals surface area contributed by atoms with Gasteiger partial charge in [0.2, 0.25) is 0 Å². The van der Waals surface area contributed by atoms with Crippen molar-refractivity contribution in [2.45, 2.75) is 13.5 Å². The molecule has 0 fully saturated rings. The molecule has 1 aromatic heterocycles. The highest BCUT2D eigenvalue weighted by Crippen LogP contribution is 2.16. The Morgan fingerprint density at radius 3 is 2.80 bits per heavy atom. The number of halogens is 1. The topological polar surface area (TPSA) is 38.0 Å². The lowest BCUT2D eigenvalue weighted by Crippen LogP contribution is -1.98. The summed E-state index contributed by atoms with van der Waals surface area (Å²) >= 11 is 2.23. The molecule has 0 atom stereocenters. The van der Waals surface area contributed by atoms with Crippen LogP contribution < -0.4 is 0 Å². The third-order valence-electron chi connectivity index (χ3n) is 2.24. The Morgan fingerprint density at radius 2 is 2.27 bits per heavy atom. The minimum atomic E-state index is 0.0811. The van der Waals surface area contributed by atoms with Gasteiger partial charge in [-0.1, -0.05) is 12.1 Å². The molecule has 0 aliphatic rings. The minimum Gasteiger partial charge on any atom is -0.392 e. The summed E-state index contributed by atoms with van der Waals surface area (Å²) in [4.78, 5) is 0. The van der Waals surface area contributed by atoms with Gasteiger partial charge in [-0.05, 0) is 46.7 Å². The average molecular weight is 314 g/mol. The van der Waals surface area contributed by atoms with Crippen molar-refractivity contribution in [2.24, 2.45) is 0 Å². The van der Waals surface area contributed by atoms with Gasteiger partial charge in [0.15, 0.2) is 0 Å². The van der Waals surface area contributed by atoms with E-state index in [1.807, 2.05) is 42.2 Å². The predicted octanol–water partition coefficient (Wildman–Crippen LogP) is 2.28. The summed E-state index contributed by atoms with van der Waals surface area (Å²) in [5, 5.41) is 13.3. The largest absolute Gasteiger partial charge is 0.392 e.